The molecule has 0 radical (unpaired) electrons. The molecule has 3 aliphatic rings. The maximum absolute atomic E-state index is 13.2. The number of piperidine rings is 2. The maximum atomic E-state index is 13.2. The Morgan fingerprint density at radius 2 is 2.11 bits per heavy atom. The molecule has 4 rings (SSSR count). The number of amides is 2. The van der Waals surface area contributed by atoms with Gasteiger partial charge in [-0.1, -0.05) is 6.92 Å². The third kappa shape index (κ3) is 3.76. The molecule has 0 bridgehead atoms. The van der Waals surface area contributed by atoms with Crippen LogP contribution in [-0.2, 0) is 11.3 Å². The van der Waals surface area contributed by atoms with E-state index in [1.54, 1.807) is 6.20 Å². The van der Waals surface area contributed by atoms with E-state index in [-0.39, 0.29) is 11.3 Å². The minimum atomic E-state index is 0.0873. The average molecular weight is 373 g/mol. The van der Waals surface area contributed by atoms with Gasteiger partial charge in [-0.15, -0.1) is 0 Å². The zero-order chi connectivity index (χ0) is 19.0. The largest absolute Gasteiger partial charge is 0.342 e. The van der Waals surface area contributed by atoms with Crippen LogP contribution < -0.4 is 0 Å². The van der Waals surface area contributed by atoms with Crippen LogP contribution >= 0.6 is 0 Å². The zero-order valence-electron chi connectivity index (χ0n) is 16.7. The van der Waals surface area contributed by atoms with Crippen LogP contribution in [0.5, 0.6) is 0 Å². The molecule has 2 saturated heterocycles. The van der Waals surface area contributed by atoms with E-state index in [9.17, 15) is 9.59 Å². The van der Waals surface area contributed by atoms with Crippen molar-refractivity contribution >= 4 is 11.8 Å². The average Bonchev–Trinajstić information content (AvgIpc) is 3.41. The Morgan fingerprint density at radius 1 is 1.30 bits per heavy atom. The fourth-order valence-electron chi connectivity index (χ4n) is 4.86. The van der Waals surface area contributed by atoms with Crippen LogP contribution in [0.2, 0.25) is 0 Å². The first-order valence-corrected chi connectivity index (χ1v) is 10.6. The normalized spacial score (nSPS) is 26.1. The summed E-state index contributed by atoms with van der Waals surface area (Å²) in [6.07, 6.45) is 8.99. The third-order valence-electron chi connectivity index (χ3n) is 6.64. The topological polar surface area (TPSA) is 58.4 Å². The van der Waals surface area contributed by atoms with Crippen molar-refractivity contribution in [3.63, 3.8) is 0 Å². The Hall–Kier alpha value is -1.85. The molecule has 3 heterocycles. The van der Waals surface area contributed by atoms with Gasteiger partial charge in [0.05, 0.1) is 11.8 Å². The lowest BCUT2D eigenvalue weighted by Crippen LogP contribution is -2.55. The van der Waals surface area contributed by atoms with Gasteiger partial charge in [0.15, 0.2) is 0 Å². The molecule has 2 aliphatic heterocycles. The molecular weight excluding hydrogens is 340 g/mol. The molecule has 0 N–H and O–H groups in total. The minimum absolute atomic E-state index is 0.0873. The minimum Gasteiger partial charge on any atom is -0.342 e. The van der Waals surface area contributed by atoms with Crippen molar-refractivity contribution in [1.82, 2.24) is 19.6 Å². The first-order valence-electron chi connectivity index (χ1n) is 10.6. The summed E-state index contributed by atoms with van der Waals surface area (Å²) in [5.74, 6) is 1.14. The Bertz CT molecular complexity index is 724. The maximum Gasteiger partial charge on any atom is 0.257 e. The van der Waals surface area contributed by atoms with Crippen LogP contribution in [0.1, 0.15) is 67.9 Å². The number of aryl methyl sites for hydroxylation is 1. The third-order valence-corrected chi connectivity index (χ3v) is 6.64. The zero-order valence-corrected chi connectivity index (χ0v) is 16.7. The van der Waals surface area contributed by atoms with E-state index < -0.39 is 0 Å². The van der Waals surface area contributed by atoms with Crippen LogP contribution in [0.25, 0.3) is 0 Å². The Kier molecular flexibility index (Phi) is 4.99. The molecule has 1 aliphatic carbocycles. The molecule has 2 amide bonds. The van der Waals surface area contributed by atoms with Crippen LogP contribution in [0.3, 0.4) is 0 Å². The molecule has 3 fully saturated rings. The van der Waals surface area contributed by atoms with Gasteiger partial charge in [-0.25, -0.2) is 0 Å². The SMILES string of the molecule is CCCn1ncc(C(=O)N2CCC[C@@]3(CCC(=O)N(CC4CC4)C3)C2)c1C. The lowest BCUT2D eigenvalue weighted by molar-refractivity contribution is -0.139. The van der Waals surface area contributed by atoms with Crippen molar-refractivity contribution in [2.75, 3.05) is 26.2 Å². The second-order valence-corrected chi connectivity index (χ2v) is 8.91. The van der Waals surface area contributed by atoms with E-state index in [0.29, 0.717) is 12.3 Å². The van der Waals surface area contributed by atoms with Crippen molar-refractivity contribution in [3.05, 3.63) is 17.5 Å². The smallest absolute Gasteiger partial charge is 0.257 e. The molecule has 1 atom stereocenters. The predicted molar refractivity (Wildman–Crippen MR) is 103 cm³/mol. The van der Waals surface area contributed by atoms with Gasteiger partial charge in [0.2, 0.25) is 5.91 Å². The summed E-state index contributed by atoms with van der Waals surface area (Å²) >= 11 is 0. The van der Waals surface area contributed by atoms with Gasteiger partial charge in [-0.3, -0.25) is 14.3 Å². The van der Waals surface area contributed by atoms with E-state index in [0.717, 1.165) is 75.6 Å². The Labute approximate surface area is 161 Å². The summed E-state index contributed by atoms with van der Waals surface area (Å²) in [7, 11) is 0. The van der Waals surface area contributed by atoms with Gasteiger partial charge in [0.25, 0.3) is 5.91 Å². The molecule has 6 nitrogen and oxygen atoms in total. The highest BCUT2D eigenvalue weighted by Gasteiger charge is 2.44. The Balaban J connectivity index is 1.47. The molecule has 1 aromatic heterocycles. The molecule has 148 valence electrons. The second kappa shape index (κ2) is 7.28. The summed E-state index contributed by atoms with van der Waals surface area (Å²) in [4.78, 5) is 29.7. The molecule has 1 spiro atoms. The summed E-state index contributed by atoms with van der Waals surface area (Å²) in [6, 6.07) is 0. The number of aromatic nitrogens is 2. The van der Waals surface area contributed by atoms with Crippen LogP contribution in [0.4, 0.5) is 0 Å². The van der Waals surface area contributed by atoms with Crippen molar-refractivity contribution in [1.29, 1.82) is 0 Å². The molecule has 0 unspecified atom stereocenters. The number of nitrogens with zero attached hydrogens (tertiary/aromatic N) is 4. The second-order valence-electron chi connectivity index (χ2n) is 8.91. The molecule has 1 saturated carbocycles. The number of likely N-dealkylation sites (tertiary alicyclic amines) is 2. The van der Waals surface area contributed by atoms with Gasteiger partial charge < -0.3 is 9.80 Å². The molecule has 0 aromatic carbocycles. The molecule has 27 heavy (non-hydrogen) atoms. The van der Waals surface area contributed by atoms with Crippen molar-refractivity contribution in [2.45, 2.75) is 65.3 Å². The van der Waals surface area contributed by atoms with Crippen molar-refractivity contribution < 1.29 is 9.59 Å². The highest BCUT2D eigenvalue weighted by molar-refractivity contribution is 5.95. The van der Waals surface area contributed by atoms with E-state index in [2.05, 4.69) is 16.9 Å². The number of hydrogen-bond acceptors (Lipinski definition) is 3. The monoisotopic (exact) mass is 372 g/mol. The first kappa shape index (κ1) is 18.5. The fraction of sp³-hybridized carbons (Fsp3) is 0.762. The standard InChI is InChI=1S/C21H32N4O2/c1-3-10-25-16(2)18(12-22-25)20(27)23-11-4-8-21(14-23)9-7-19(26)24(15-21)13-17-5-6-17/h12,17H,3-11,13-15H2,1-2H3/t21-/m1/s1. The van der Waals surface area contributed by atoms with Crippen LogP contribution in [0.15, 0.2) is 6.20 Å². The number of carbonyl (C=O) groups is 2. The lowest BCUT2D eigenvalue weighted by Gasteiger charge is -2.48. The summed E-state index contributed by atoms with van der Waals surface area (Å²) in [5, 5.41) is 4.40. The van der Waals surface area contributed by atoms with E-state index in [1.807, 2.05) is 16.5 Å². The predicted octanol–water partition coefficient (Wildman–Crippen LogP) is 2.86. The van der Waals surface area contributed by atoms with Gasteiger partial charge in [0, 0.05) is 50.3 Å². The van der Waals surface area contributed by atoms with E-state index >= 15 is 0 Å². The van der Waals surface area contributed by atoms with Gasteiger partial charge >= 0.3 is 0 Å². The lowest BCUT2D eigenvalue weighted by atomic mass is 9.73. The summed E-state index contributed by atoms with van der Waals surface area (Å²) in [6.45, 7) is 8.31. The first-order chi connectivity index (χ1) is 13.0. The van der Waals surface area contributed by atoms with Gasteiger partial charge in [-0.2, -0.15) is 5.10 Å². The van der Waals surface area contributed by atoms with Crippen molar-refractivity contribution in [2.24, 2.45) is 11.3 Å². The fourth-order valence-corrected chi connectivity index (χ4v) is 4.86. The highest BCUT2D eigenvalue weighted by Crippen LogP contribution is 2.41. The van der Waals surface area contributed by atoms with Gasteiger partial charge in [0.1, 0.15) is 0 Å². The quantitative estimate of drug-likeness (QED) is 0.799. The summed E-state index contributed by atoms with van der Waals surface area (Å²) < 4.78 is 1.93. The highest BCUT2D eigenvalue weighted by atomic mass is 16.2. The molecular formula is C21H32N4O2. The molecule has 1 aromatic rings. The van der Waals surface area contributed by atoms with Crippen LogP contribution in [0, 0.1) is 18.3 Å². The number of rotatable bonds is 5. The van der Waals surface area contributed by atoms with E-state index in [4.69, 9.17) is 0 Å². The molecule has 6 heteroatoms. The van der Waals surface area contributed by atoms with Crippen molar-refractivity contribution in [3.8, 4) is 0 Å². The van der Waals surface area contributed by atoms with Crippen LogP contribution in [-0.4, -0.2) is 57.6 Å². The number of hydrogen-bond donors (Lipinski definition) is 0. The summed E-state index contributed by atoms with van der Waals surface area (Å²) in [5.41, 5.74) is 1.79. The number of carbonyl (C=O) groups excluding carboxylic acids is 2. The van der Waals surface area contributed by atoms with Gasteiger partial charge in [-0.05, 0) is 51.4 Å². The van der Waals surface area contributed by atoms with E-state index in [1.165, 1.54) is 12.8 Å². The Morgan fingerprint density at radius 3 is 2.85 bits per heavy atom.